The first-order valence-electron chi connectivity index (χ1n) is 23.8. The highest BCUT2D eigenvalue weighted by Gasteiger charge is 2.31. The van der Waals surface area contributed by atoms with E-state index in [1.165, 1.54) is 101 Å². The van der Waals surface area contributed by atoms with Crippen molar-refractivity contribution in [3.63, 3.8) is 0 Å². The van der Waals surface area contributed by atoms with Gasteiger partial charge in [0.25, 0.3) is 0 Å². The fraction of sp³-hybridized carbons (Fsp3) is 0.769. The molecular weight excluding hydrogens is 653 g/mol. The van der Waals surface area contributed by atoms with Gasteiger partial charge >= 0.3 is 0 Å². The molecule has 0 aromatic heterocycles. The lowest BCUT2D eigenvalue weighted by Gasteiger charge is -2.04. The van der Waals surface area contributed by atoms with Crippen LogP contribution in [0.3, 0.4) is 0 Å². The fourth-order valence-electron chi connectivity index (χ4n) is 8.06. The zero-order valence-corrected chi connectivity index (χ0v) is 40.1. The Hall–Kier alpha value is -1.64. The van der Waals surface area contributed by atoms with Gasteiger partial charge in [0.15, 0.2) is 0 Å². The maximum absolute atomic E-state index is 2.75. The average Bonchev–Trinajstić information content (AvgIpc) is 4.06. The number of aryl methyl sites for hydroxylation is 4. The predicted molar refractivity (Wildman–Crippen MR) is 254 cm³/mol. The van der Waals surface area contributed by atoms with E-state index >= 15 is 0 Å². The Morgan fingerprint density at radius 3 is 0.648 bits per heavy atom. The van der Waals surface area contributed by atoms with Gasteiger partial charge < -0.3 is 10.6 Å². The molecular formula is C52H102N2. The normalized spacial score (nSPS) is 20.3. The quantitative estimate of drug-likeness (QED) is 0.280. The minimum Gasteiger partial charge on any atom is -0.323 e. The van der Waals surface area contributed by atoms with Crippen molar-refractivity contribution < 1.29 is 0 Å². The molecule has 0 saturated heterocycles. The minimum absolute atomic E-state index is 1.18. The van der Waals surface area contributed by atoms with Crippen molar-refractivity contribution in [2.24, 2.45) is 23.7 Å². The van der Waals surface area contributed by atoms with Gasteiger partial charge in [-0.1, -0.05) is 222 Å². The average molecular weight is 755 g/mol. The van der Waals surface area contributed by atoms with Crippen molar-refractivity contribution in [1.29, 1.82) is 0 Å². The van der Waals surface area contributed by atoms with E-state index in [0.717, 1.165) is 0 Å². The summed E-state index contributed by atoms with van der Waals surface area (Å²) in [6.07, 6.45) is 29.1. The van der Waals surface area contributed by atoms with Crippen molar-refractivity contribution >= 4 is 0 Å². The van der Waals surface area contributed by atoms with Crippen LogP contribution in [0.2, 0.25) is 0 Å². The largest absolute Gasteiger partial charge is 0.323 e. The zero-order chi connectivity index (χ0) is 41.8. The summed E-state index contributed by atoms with van der Waals surface area (Å²) in [5, 5.41) is 5.50. The number of fused-ring (bicyclic) bond motifs is 4. The van der Waals surface area contributed by atoms with E-state index in [0.29, 0.717) is 0 Å². The highest BCUT2D eigenvalue weighted by Crippen LogP contribution is 2.44. The summed E-state index contributed by atoms with van der Waals surface area (Å²) in [7, 11) is 7.50. The van der Waals surface area contributed by atoms with Crippen LogP contribution in [-0.4, -0.2) is 28.2 Å². The smallest absolute Gasteiger partial charge is 0.0167 e. The lowest BCUT2D eigenvalue weighted by Crippen LogP contribution is -1.95. The Kier molecular flexibility index (Phi) is 52.0. The van der Waals surface area contributed by atoms with Crippen LogP contribution >= 0.6 is 0 Å². The molecule has 0 spiro atoms. The third-order valence-electron chi connectivity index (χ3n) is 9.95. The zero-order valence-electron chi connectivity index (χ0n) is 40.1. The number of nitrogens with one attached hydrogen (secondary N) is 2. The second-order valence-corrected chi connectivity index (χ2v) is 14.4. The van der Waals surface area contributed by atoms with E-state index in [1.54, 1.807) is 73.6 Å². The molecule has 2 aromatic carbocycles. The van der Waals surface area contributed by atoms with Gasteiger partial charge in [-0.15, -0.1) is 0 Å². The van der Waals surface area contributed by atoms with E-state index in [2.05, 4.69) is 86.9 Å². The molecule has 2 aromatic rings. The molecule has 54 heavy (non-hydrogen) atoms. The van der Waals surface area contributed by atoms with Crippen LogP contribution in [0.4, 0.5) is 0 Å². The molecule has 6 aliphatic rings. The van der Waals surface area contributed by atoms with Gasteiger partial charge in [0.1, 0.15) is 0 Å². The van der Waals surface area contributed by atoms with Crippen molar-refractivity contribution in [1.82, 2.24) is 10.6 Å². The van der Waals surface area contributed by atoms with Crippen molar-refractivity contribution in [3.8, 4) is 0 Å². The number of hydrogen-bond acceptors (Lipinski definition) is 2. The number of benzene rings is 2. The lowest BCUT2D eigenvalue weighted by molar-refractivity contribution is 0.457. The standard InChI is InChI=1S/2C9H10.2C8H14.2C3H8.2C2H7N.4C2H6/c2*1-2-5-9-7-3-6-8(9)4-1;2*1-3-7-5-2-6-8(7)4-1;4*1-3-2;4*1-2/h2*1-2,4-5H,3,6-7H2;2*7-8H,1-6H2;2*3H2,1-2H3;2*3H,1-2H3;4*1-2H3. The summed E-state index contributed by atoms with van der Waals surface area (Å²) in [4.78, 5) is 0. The van der Waals surface area contributed by atoms with Crippen LogP contribution < -0.4 is 10.6 Å². The third-order valence-corrected chi connectivity index (χ3v) is 9.95. The molecule has 0 unspecified atom stereocenters. The fourth-order valence-corrected chi connectivity index (χ4v) is 8.06. The molecule has 8 rings (SSSR count). The first kappa shape index (κ1) is 59.1. The summed E-state index contributed by atoms with van der Waals surface area (Å²) < 4.78 is 0. The van der Waals surface area contributed by atoms with Crippen LogP contribution in [0.5, 0.6) is 0 Å². The molecule has 6 aliphatic carbocycles. The van der Waals surface area contributed by atoms with Gasteiger partial charge in [0.2, 0.25) is 0 Å². The van der Waals surface area contributed by atoms with E-state index < -0.39 is 0 Å². The van der Waals surface area contributed by atoms with Crippen LogP contribution in [0, 0.1) is 23.7 Å². The van der Waals surface area contributed by atoms with Gasteiger partial charge in [0.05, 0.1) is 0 Å². The second-order valence-electron chi connectivity index (χ2n) is 14.4. The molecule has 2 nitrogen and oxygen atoms in total. The van der Waals surface area contributed by atoms with E-state index in [1.807, 2.05) is 83.6 Å². The highest BCUT2D eigenvalue weighted by molar-refractivity contribution is 5.31. The molecule has 4 fully saturated rings. The Labute approximate surface area is 343 Å². The summed E-state index contributed by atoms with van der Waals surface area (Å²) >= 11 is 0. The topological polar surface area (TPSA) is 24.1 Å². The monoisotopic (exact) mass is 755 g/mol. The molecule has 0 atom stereocenters. The SMILES string of the molecule is C1CC2CCCC2C1.C1CC2CCCC2C1.CC.CC.CC.CC.CCC.CCC.CNC.CNC.c1ccc2c(c1)CCC2.c1ccc2c(c1)CCC2. The molecule has 0 aliphatic heterocycles. The van der Waals surface area contributed by atoms with Gasteiger partial charge in [-0.3, -0.25) is 0 Å². The van der Waals surface area contributed by atoms with Gasteiger partial charge in [0, 0.05) is 0 Å². The third kappa shape index (κ3) is 29.6. The van der Waals surface area contributed by atoms with Gasteiger partial charge in [-0.25, -0.2) is 0 Å². The summed E-state index contributed by atoms with van der Waals surface area (Å²) in [6, 6.07) is 17.5. The molecule has 2 heteroatoms. The Balaban J connectivity index is -0.000000267. The van der Waals surface area contributed by atoms with Crippen LogP contribution in [0.15, 0.2) is 48.5 Å². The molecule has 0 heterocycles. The summed E-state index contributed by atoms with van der Waals surface area (Å²) in [5.74, 6) is 4.70. The molecule has 320 valence electrons. The molecule has 0 radical (unpaired) electrons. The second kappa shape index (κ2) is 47.5. The summed E-state index contributed by atoms with van der Waals surface area (Å²) in [6.45, 7) is 24.5. The Morgan fingerprint density at radius 2 is 0.500 bits per heavy atom. The molecule has 2 N–H and O–H groups in total. The van der Waals surface area contributed by atoms with Gasteiger partial charge in [-0.2, -0.15) is 0 Å². The van der Waals surface area contributed by atoms with Crippen molar-refractivity contribution in [2.75, 3.05) is 28.2 Å². The first-order chi connectivity index (χ1) is 26.5. The van der Waals surface area contributed by atoms with E-state index in [-0.39, 0.29) is 0 Å². The van der Waals surface area contributed by atoms with Crippen LogP contribution in [0.25, 0.3) is 0 Å². The van der Waals surface area contributed by atoms with Crippen molar-refractivity contribution in [3.05, 3.63) is 70.8 Å². The predicted octanol–water partition coefficient (Wildman–Crippen LogP) is 16.1. The number of hydrogen-bond donors (Lipinski definition) is 2. The minimum atomic E-state index is 1.18. The maximum Gasteiger partial charge on any atom is -0.0167 e. The van der Waals surface area contributed by atoms with Crippen LogP contribution in [0.1, 0.15) is 208 Å². The number of rotatable bonds is 0. The maximum atomic E-state index is 2.75. The van der Waals surface area contributed by atoms with Crippen molar-refractivity contribution in [2.45, 2.75) is 212 Å². The molecule has 0 amide bonds. The molecule has 0 bridgehead atoms. The summed E-state index contributed by atoms with van der Waals surface area (Å²) in [5.41, 5.74) is 6.27. The van der Waals surface area contributed by atoms with E-state index in [9.17, 15) is 0 Å². The van der Waals surface area contributed by atoms with Crippen LogP contribution in [-0.2, 0) is 25.7 Å². The van der Waals surface area contributed by atoms with E-state index in [4.69, 9.17) is 0 Å². The van der Waals surface area contributed by atoms with Gasteiger partial charge in [-0.05, 0) is 113 Å². The highest BCUT2D eigenvalue weighted by atomic mass is 14.7. The Morgan fingerprint density at radius 1 is 0.352 bits per heavy atom. The lowest BCUT2D eigenvalue weighted by atomic mass is 10.0. The Bertz CT molecular complexity index is 785. The first-order valence-corrected chi connectivity index (χ1v) is 23.8. The molecule has 4 saturated carbocycles.